The molecule has 1 aliphatic heterocycles. The van der Waals surface area contributed by atoms with Crippen LogP contribution in [0.5, 0.6) is 0 Å². The Morgan fingerprint density at radius 3 is 2.44 bits per heavy atom. The van der Waals surface area contributed by atoms with Crippen molar-refractivity contribution in [1.29, 1.82) is 0 Å². The molecule has 1 saturated heterocycles. The Morgan fingerprint density at radius 2 is 2.00 bits per heavy atom. The maximum Gasteiger partial charge on any atom is 0.0523 e. The van der Waals surface area contributed by atoms with Crippen molar-refractivity contribution in [2.75, 3.05) is 0 Å². The largest absolute Gasteiger partial charge is 0.329 e. The first kappa shape index (κ1) is 7.03. The van der Waals surface area contributed by atoms with E-state index >= 15 is 0 Å². The van der Waals surface area contributed by atoms with Crippen LogP contribution >= 0.6 is 0 Å². The molecule has 2 nitrogen and oxygen atoms in total. The molecule has 3 unspecified atom stereocenters. The van der Waals surface area contributed by atoms with Crippen LogP contribution in [0.3, 0.4) is 0 Å². The van der Waals surface area contributed by atoms with E-state index in [0.29, 0.717) is 18.2 Å². The standard InChI is InChI=1S/C7H15N2/c1-5-4-6(2)9-7(3)8-5/h5-9H,1,4H2,2-3H3/q-1. The van der Waals surface area contributed by atoms with Gasteiger partial charge >= 0.3 is 0 Å². The first-order valence-electron chi connectivity index (χ1n) is 3.53. The van der Waals surface area contributed by atoms with Gasteiger partial charge in [-0.3, -0.25) is 5.32 Å². The Morgan fingerprint density at radius 1 is 1.33 bits per heavy atom. The molecule has 2 heteroatoms. The van der Waals surface area contributed by atoms with Crippen LogP contribution in [0.15, 0.2) is 0 Å². The number of nitrogens with one attached hydrogen (secondary N) is 2. The van der Waals surface area contributed by atoms with Crippen molar-refractivity contribution in [2.45, 2.75) is 38.5 Å². The van der Waals surface area contributed by atoms with Crippen LogP contribution in [0.4, 0.5) is 0 Å². The third kappa shape index (κ3) is 1.95. The van der Waals surface area contributed by atoms with E-state index in [4.69, 9.17) is 0 Å². The lowest BCUT2D eigenvalue weighted by molar-refractivity contribution is 0.292. The van der Waals surface area contributed by atoms with Crippen LogP contribution < -0.4 is 10.6 Å². The quantitative estimate of drug-likeness (QED) is 0.463. The van der Waals surface area contributed by atoms with E-state index in [-0.39, 0.29) is 0 Å². The van der Waals surface area contributed by atoms with E-state index in [1.807, 2.05) is 0 Å². The average Bonchev–Trinajstić information content (AvgIpc) is 1.59. The summed E-state index contributed by atoms with van der Waals surface area (Å²) in [6.07, 6.45) is 1.56. The number of rotatable bonds is 0. The monoisotopic (exact) mass is 127 g/mol. The maximum absolute atomic E-state index is 3.95. The molecule has 9 heavy (non-hydrogen) atoms. The fourth-order valence-corrected chi connectivity index (χ4v) is 1.39. The lowest BCUT2D eigenvalue weighted by Crippen LogP contribution is -2.54. The highest BCUT2D eigenvalue weighted by Gasteiger charge is 2.13. The van der Waals surface area contributed by atoms with E-state index in [1.165, 1.54) is 0 Å². The molecule has 1 rings (SSSR count). The van der Waals surface area contributed by atoms with Crippen LogP contribution in [0, 0.1) is 6.92 Å². The molecular weight excluding hydrogens is 112 g/mol. The van der Waals surface area contributed by atoms with Crippen molar-refractivity contribution in [3.8, 4) is 0 Å². The minimum Gasteiger partial charge on any atom is -0.329 e. The summed E-state index contributed by atoms with van der Waals surface area (Å²) in [7, 11) is 0. The van der Waals surface area contributed by atoms with E-state index in [9.17, 15) is 0 Å². The topological polar surface area (TPSA) is 24.1 Å². The minimum atomic E-state index is 0.427. The van der Waals surface area contributed by atoms with Crippen LogP contribution in [-0.4, -0.2) is 18.2 Å². The Hall–Kier alpha value is -0.0800. The van der Waals surface area contributed by atoms with Crippen LogP contribution in [0.25, 0.3) is 0 Å². The van der Waals surface area contributed by atoms with Gasteiger partial charge in [0.2, 0.25) is 0 Å². The van der Waals surface area contributed by atoms with Crippen LogP contribution in [0.2, 0.25) is 0 Å². The average molecular weight is 127 g/mol. The zero-order valence-corrected chi connectivity index (χ0v) is 6.15. The number of hydrogen-bond acceptors (Lipinski definition) is 2. The highest BCUT2D eigenvalue weighted by atomic mass is 15.2. The first-order valence-corrected chi connectivity index (χ1v) is 3.53. The Bertz CT molecular complexity index is 67.9. The van der Waals surface area contributed by atoms with Crippen molar-refractivity contribution in [2.24, 2.45) is 0 Å². The molecule has 0 spiro atoms. The Balaban J connectivity index is 2.34. The van der Waals surface area contributed by atoms with E-state index in [1.54, 1.807) is 0 Å². The summed E-state index contributed by atoms with van der Waals surface area (Å²) in [5.41, 5.74) is 0. The van der Waals surface area contributed by atoms with Gasteiger partial charge in [-0.25, -0.2) is 0 Å². The van der Waals surface area contributed by atoms with Gasteiger partial charge in [0.25, 0.3) is 0 Å². The molecule has 2 N–H and O–H groups in total. The fourth-order valence-electron chi connectivity index (χ4n) is 1.39. The van der Waals surface area contributed by atoms with Gasteiger partial charge in [-0.15, -0.1) is 6.04 Å². The van der Waals surface area contributed by atoms with Gasteiger partial charge in [-0.2, -0.15) is 0 Å². The molecule has 3 atom stereocenters. The lowest BCUT2D eigenvalue weighted by atomic mass is 10.1. The zero-order valence-electron chi connectivity index (χ0n) is 6.15. The van der Waals surface area contributed by atoms with Crippen molar-refractivity contribution in [3.05, 3.63) is 6.92 Å². The molecule has 1 aliphatic rings. The molecule has 0 radical (unpaired) electrons. The second-order valence-electron chi connectivity index (χ2n) is 2.89. The minimum absolute atomic E-state index is 0.427. The first-order chi connectivity index (χ1) is 4.18. The Kier molecular flexibility index (Phi) is 2.09. The van der Waals surface area contributed by atoms with Crippen LogP contribution in [0.1, 0.15) is 20.3 Å². The van der Waals surface area contributed by atoms with Crippen LogP contribution in [-0.2, 0) is 0 Å². The predicted octanol–water partition coefficient (Wildman–Crippen LogP) is 0.506. The molecule has 0 saturated carbocycles. The molecule has 0 bridgehead atoms. The van der Waals surface area contributed by atoms with Crippen molar-refractivity contribution >= 4 is 0 Å². The molecule has 0 amide bonds. The summed E-state index contributed by atoms with van der Waals surface area (Å²) < 4.78 is 0. The van der Waals surface area contributed by atoms with E-state index in [0.717, 1.165) is 6.42 Å². The molecule has 0 aromatic rings. The third-order valence-corrected chi connectivity index (χ3v) is 1.66. The van der Waals surface area contributed by atoms with Gasteiger partial charge < -0.3 is 12.2 Å². The van der Waals surface area contributed by atoms with E-state index in [2.05, 4.69) is 31.4 Å². The SMILES string of the molecule is [CH2-]C1CC(C)NC(C)N1. The smallest absolute Gasteiger partial charge is 0.0523 e. The normalized spacial score (nSPS) is 45.0. The summed E-state index contributed by atoms with van der Waals surface area (Å²) in [6, 6.07) is 1.04. The maximum atomic E-state index is 3.95. The van der Waals surface area contributed by atoms with Gasteiger partial charge in [0, 0.05) is 6.04 Å². The molecule has 0 aromatic heterocycles. The molecule has 0 aromatic carbocycles. The van der Waals surface area contributed by atoms with Gasteiger partial charge in [-0.1, -0.05) is 6.42 Å². The van der Waals surface area contributed by atoms with E-state index < -0.39 is 0 Å². The Labute approximate surface area is 57.0 Å². The molecule has 1 fully saturated rings. The fraction of sp³-hybridized carbons (Fsp3) is 0.857. The second-order valence-corrected chi connectivity index (χ2v) is 2.89. The van der Waals surface area contributed by atoms with Gasteiger partial charge in [0.15, 0.2) is 0 Å². The molecule has 54 valence electrons. The summed E-state index contributed by atoms with van der Waals surface area (Å²) in [4.78, 5) is 0. The highest BCUT2D eigenvalue weighted by molar-refractivity contribution is 4.83. The molecular formula is C7H15N2-. The highest BCUT2D eigenvalue weighted by Crippen LogP contribution is 2.03. The van der Waals surface area contributed by atoms with Gasteiger partial charge in [0.1, 0.15) is 0 Å². The van der Waals surface area contributed by atoms with Crippen molar-refractivity contribution in [3.63, 3.8) is 0 Å². The second kappa shape index (κ2) is 2.67. The zero-order chi connectivity index (χ0) is 6.85. The van der Waals surface area contributed by atoms with Crippen molar-refractivity contribution < 1.29 is 0 Å². The summed E-state index contributed by atoms with van der Waals surface area (Å²) in [5.74, 6) is 0. The number of hydrogen-bond donors (Lipinski definition) is 2. The molecule has 0 aliphatic carbocycles. The van der Waals surface area contributed by atoms with Gasteiger partial charge in [-0.05, 0) is 13.8 Å². The predicted molar refractivity (Wildman–Crippen MR) is 39.0 cm³/mol. The summed E-state index contributed by atoms with van der Waals surface area (Å²) in [5, 5.41) is 6.65. The molecule has 1 heterocycles. The summed E-state index contributed by atoms with van der Waals surface area (Å²) >= 11 is 0. The summed E-state index contributed by atoms with van der Waals surface area (Å²) in [6.45, 7) is 8.26. The van der Waals surface area contributed by atoms with Gasteiger partial charge in [0.05, 0.1) is 6.17 Å². The third-order valence-electron chi connectivity index (χ3n) is 1.66. The lowest BCUT2D eigenvalue weighted by Gasteiger charge is -2.36. The van der Waals surface area contributed by atoms with Crippen molar-refractivity contribution in [1.82, 2.24) is 10.6 Å².